The van der Waals surface area contributed by atoms with E-state index >= 15 is 0 Å². The molecule has 0 aromatic rings. The quantitative estimate of drug-likeness (QED) is 0.574. The maximum atomic E-state index is 13.1. The van der Waals surface area contributed by atoms with Crippen molar-refractivity contribution in [1.82, 2.24) is 4.90 Å². The number of hydrogen-bond donors (Lipinski definition) is 0. The molecule has 19 heavy (non-hydrogen) atoms. The molecule has 0 aromatic heterocycles. The Morgan fingerprint density at radius 1 is 1.16 bits per heavy atom. The van der Waals surface area contributed by atoms with Crippen molar-refractivity contribution in [2.24, 2.45) is 0 Å². The van der Waals surface area contributed by atoms with E-state index in [1.807, 2.05) is 0 Å². The van der Waals surface area contributed by atoms with Crippen LogP contribution in [0.3, 0.4) is 0 Å². The topological polar surface area (TPSA) is 20.3 Å². The predicted octanol–water partition coefficient (Wildman–Crippen LogP) is 5.17. The second-order valence-corrected chi connectivity index (χ2v) is 9.87. The Bertz CT molecular complexity index is 286. The molecule has 114 valence electrons. The average molecular weight is 287 g/mol. The van der Waals surface area contributed by atoms with E-state index in [0.717, 1.165) is 31.8 Å². The highest BCUT2D eigenvalue weighted by Crippen LogP contribution is 2.51. The maximum Gasteiger partial charge on any atom is 0.101 e. The van der Waals surface area contributed by atoms with Gasteiger partial charge in [0.25, 0.3) is 0 Å². The monoisotopic (exact) mass is 287 g/mol. The molecule has 0 bridgehead atoms. The molecule has 2 unspecified atom stereocenters. The van der Waals surface area contributed by atoms with Crippen molar-refractivity contribution in [3.8, 4) is 0 Å². The molecule has 0 radical (unpaired) electrons. The zero-order valence-electron chi connectivity index (χ0n) is 13.5. The number of rotatable bonds is 8. The highest BCUT2D eigenvalue weighted by atomic mass is 31.2. The van der Waals surface area contributed by atoms with Gasteiger partial charge in [0.05, 0.1) is 5.78 Å². The van der Waals surface area contributed by atoms with E-state index in [9.17, 15) is 4.57 Å². The van der Waals surface area contributed by atoms with Gasteiger partial charge < -0.3 is 4.57 Å². The fourth-order valence-electron chi connectivity index (χ4n) is 3.47. The van der Waals surface area contributed by atoms with Crippen molar-refractivity contribution in [2.75, 3.05) is 19.9 Å². The number of hydrogen-bond acceptors (Lipinski definition) is 2. The third kappa shape index (κ3) is 5.23. The summed E-state index contributed by atoms with van der Waals surface area (Å²) in [7, 11) is 0.202. The summed E-state index contributed by atoms with van der Waals surface area (Å²) in [5.74, 6) is 0.326. The van der Waals surface area contributed by atoms with E-state index in [0.29, 0.717) is 11.8 Å². The predicted molar refractivity (Wildman–Crippen MR) is 86.6 cm³/mol. The van der Waals surface area contributed by atoms with Crippen molar-refractivity contribution in [1.29, 1.82) is 0 Å². The summed E-state index contributed by atoms with van der Waals surface area (Å²) in [6.07, 6.45) is 12.2. The minimum absolute atomic E-state index is 0.326. The van der Waals surface area contributed by atoms with E-state index in [1.165, 1.54) is 32.1 Å². The minimum Gasteiger partial charge on any atom is -0.322 e. The largest absolute Gasteiger partial charge is 0.322 e. The molecule has 1 aliphatic rings. The molecule has 0 saturated heterocycles. The van der Waals surface area contributed by atoms with Crippen LogP contribution in [-0.4, -0.2) is 36.6 Å². The fourth-order valence-corrected chi connectivity index (χ4v) is 6.48. The molecule has 1 fully saturated rings. The first-order valence-corrected chi connectivity index (χ1v) is 10.7. The first-order chi connectivity index (χ1) is 9.03. The van der Waals surface area contributed by atoms with E-state index in [4.69, 9.17) is 0 Å². The van der Waals surface area contributed by atoms with Gasteiger partial charge in [0.2, 0.25) is 0 Å². The van der Waals surface area contributed by atoms with Gasteiger partial charge in [0.15, 0.2) is 0 Å². The summed E-state index contributed by atoms with van der Waals surface area (Å²) < 4.78 is 13.1. The molecular weight excluding hydrogens is 253 g/mol. The molecule has 0 spiro atoms. The van der Waals surface area contributed by atoms with Crippen LogP contribution >= 0.6 is 7.14 Å². The summed E-state index contributed by atoms with van der Waals surface area (Å²) in [5.41, 5.74) is 0. The lowest BCUT2D eigenvalue weighted by Crippen LogP contribution is -2.41. The second-order valence-electron chi connectivity index (χ2n) is 6.48. The molecule has 0 aliphatic heterocycles. The molecule has 2 nitrogen and oxygen atoms in total. The Morgan fingerprint density at radius 2 is 1.79 bits per heavy atom. The SMILES string of the molecule is CCCCP(C)(=O)C(CCC)N(C)C1CCCCC1. The van der Waals surface area contributed by atoms with Crippen LogP contribution in [0.4, 0.5) is 0 Å². The van der Waals surface area contributed by atoms with Gasteiger partial charge in [-0.15, -0.1) is 0 Å². The normalized spacial score (nSPS) is 22.4. The van der Waals surface area contributed by atoms with Gasteiger partial charge in [-0.2, -0.15) is 0 Å². The summed E-state index contributed by atoms with van der Waals surface area (Å²) in [4.78, 5) is 2.50. The van der Waals surface area contributed by atoms with Gasteiger partial charge in [-0.1, -0.05) is 46.0 Å². The average Bonchev–Trinajstić information content (AvgIpc) is 2.42. The Morgan fingerprint density at radius 3 is 2.32 bits per heavy atom. The Kier molecular flexibility index (Phi) is 7.69. The summed E-state index contributed by atoms with van der Waals surface area (Å²) in [6, 6.07) is 0.681. The van der Waals surface area contributed by atoms with Crippen LogP contribution in [0.2, 0.25) is 0 Å². The van der Waals surface area contributed by atoms with Gasteiger partial charge >= 0.3 is 0 Å². The molecule has 1 aliphatic carbocycles. The third-order valence-corrected chi connectivity index (χ3v) is 7.84. The Hall–Kier alpha value is 0.190. The summed E-state index contributed by atoms with van der Waals surface area (Å²) in [6.45, 7) is 6.48. The summed E-state index contributed by atoms with van der Waals surface area (Å²) >= 11 is 0. The van der Waals surface area contributed by atoms with Crippen LogP contribution in [0.5, 0.6) is 0 Å². The van der Waals surface area contributed by atoms with Crippen molar-refractivity contribution in [2.45, 2.75) is 83.5 Å². The van der Waals surface area contributed by atoms with Gasteiger partial charge in [-0.25, -0.2) is 0 Å². The lowest BCUT2D eigenvalue weighted by Gasteiger charge is -2.40. The van der Waals surface area contributed by atoms with Crippen LogP contribution < -0.4 is 0 Å². The molecular formula is C16H34NOP. The zero-order valence-corrected chi connectivity index (χ0v) is 14.4. The van der Waals surface area contributed by atoms with Crippen molar-refractivity contribution in [3.63, 3.8) is 0 Å². The molecule has 3 heteroatoms. The third-order valence-electron chi connectivity index (χ3n) is 4.75. The molecule has 0 N–H and O–H groups in total. The lowest BCUT2D eigenvalue weighted by molar-refractivity contribution is 0.167. The molecule has 1 saturated carbocycles. The van der Waals surface area contributed by atoms with E-state index in [2.05, 4.69) is 32.5 Å². The van der Waals surface area contributed by atoms with Crippen LogP contribution in [0.25, 0.3) is 0 Å². The van der Waals surface area contributed by atoms with Gasteiger partial charge in [0, 0.05) is 12.2 Å². The highest BCUT2D eigenvalue weighted by molar-refractivity contribution is 7.63. The Balaban J connectivity index is 2.70. The van der Waals surface area contributed by atoms with Crippen LogP contribution in [0.1, 0.15) is 71.6 Å². The molecule has 0 amide bonds. The minimum atomic E-state index is -2.03. The first-order valence-electron chi connectivity index (χ1n) is 8.31. The van der Waals surface area contributed by atoms with Crippen molar-refractivity contribution < 1.29 is 4.57 Å². The van der Waals surface area contributed by atoms with E-state index in [-0.39, 0.29) is 0 Å². The van der Waals surface area contributed by atoms with Gasteiger partial charge in [-0.3, -0.25) is 4.90 Å². The standard InChI is InChI=1S/C16H34NOP/c1-5-7-14-19(4,18)16(11-6-2)17(3)15-12-9-8-10-13-15/h15-16H,5-14H2,1-4H3. The van der Waals surface area contributed by atoms with E-state index in [1.54, 1.807) is 0 Å². The van der Waals surface area contributed by atoms with Crippen molar-refractivity contribution >= 4 is 7.14 Å². The number of unbranched alkanes of at least 4 members (excludes halogenated alkanes) is 1. The van der Waals surface area contributed by atoms with Crippen LogP contribution in [0.15, 0.2) is 0 Å². The first kappa shape index (κ1) is 17.2. The molecule has 0 heterocycles. The van der Waals surface area contributed by atoms with Crippen LogP contribution in [-0.2, 0) is 4.57 Å². The van der Waals surface area contributed by atoms with Gasteiger partial charge in [0.1, 0.15) is 7.14 Å². The number of nitrogens with zero attached hydrogens (tertiary/aromatic N) is 1. The van der Waals surface area contributed by atoms with Crippen LogP contribution in [0, 0.1) is 0 Å². The smallest absolute Gasteiger partial charge is 0.101 e. The summed E-state index contributed by atoms with van der Waals surface area (Å²) in [5, 5.41) is 0. The fraction of sp³-hybridized carbons (Fsp3) is 1.00. The maximum absolute atomic E-state index is 13.1. The molecule has 2 atom stereocenters. The molecule has 1 rings (SSSR count). The van der Waals surface area contributed by atoms with Crippen molar-refractivity contribution in [3.05, 3.63) is 0 Å². The zero-order chi connectivity index (χ0) is 14.3. The van der Waals surface area contributed by atoms with Gasteiger partial charge in [-0.05, 0) is 39.4 Å². The lowest BCUT2D eigenvalue weighted by atomic mass is 9.94. The highest BCUT2D eigenvalue weighted by Gasteiger charge is 2.33. The Labute approximate surface area is 120 Å². The molecule has 0 aromatic carbocycles. The van der Waals surface area contributed by atoms with E-state index < -0.39 is 7.14 Å². The second kappa shape index (κ2) is 8.47.